The van der Waals surface area contributed by atoms with Crippen LogP contribution < -0.4 is 19.5 Å². The van der Waals surface area contributed by atoms with Crippen LogP contribution in [0.1, 0.15) is 13.3 Å². The molecule has 0 aliphatic heterocycles. The summed E-state index contributed by atoms with van der Waals surface area (Å²) in [5.41, 5.74) is 0.512. The summed E-state index contributed by atoms with van der Waals surface area (Å²) in [5.74, 6) is 0.287. The summed E-state index contributed by atoms with van der Waals surface area (Å²) < 4.78 is 39.4. The molecule has 7 nitrogen and oxygen atoms in total. The summed E-state index contributed by atoms with van der Waals surface area (Å²) in [6, 6.07) is 19.8. The van der Waals surface area contributed by atoms with E-state index in [1.54, 1.807) is 42.5 Å². The van der Waals surface area contributed by atoms with E-state index in [4.69, 9.17) is 21.1 Å². The van der Waals surface area contributed by atoms with Gasteiger partial charge in [-0.3, -0.25) is 9.52 Å². The molecule has 3 aromatic rings. The molecule has 0 bridgehead atoms. The average Bonchev–Trinajstić information content (AvgIpc) is 2.79. The highest BCUT2D eigenvalue weighted by molar-refractivity contribution is 7.92. The van der Waals surface area contributed by atoms with Crippen LogP contribution in [0.2, 0.25) is 5.02 Å². The average molecular weight is 475 g/mol. The van der Waals surface area contributed by atoms with Gasteiger partial charge < -0.3 is 14.8 Å². The van der Waals surface area contributed by atoms with Gasteiger partial charge in [0.05, 0.1) is 17.8 Å². The first-order chi connectivity index (χ1) is 15.3. The molecule has 32 heavy (non-hydrogen) atoms. The van der Waals surface area contributed by atoms with Gasteiger partial charge in [0.25, 0.3) is 15.9 Å². The standard InChI is InChI=1S/C23H23ClN2O5S/c1-3-20(31-17-9-5-4-6-10-17)23(27)25-16-13-14-21(30-2)22(15-16)32(28,29)26-19-12-8-7-11-18(19)24/h4-15,20,26H,3H2,1-2H3,(H,25,27). The molecule has 1 unspecified atom stereocenters. The maximum Gasteiger partial charge on any atom is 0.265 e. The Kier molecular flexibility index (Phi) is 7.61. The second kappa shape index (κ2) is 10.4. The Hall–Kier alpha value is -3.23. The summed E-state index contributed by atoms with van der Waals surface area (Å²) in [7, 11) is -2.69. The zero-order valence-electron chi connectivity index (χ0n) is 17.5. The summed E-state index contributed by atoms with van der Waals surface area (Å²) >= 11 is 6.08. The lowest BCUT2D eigenvalue weighted by molar-refractivity contribution is -0.122. The third kappa shape index (κ3) is 5.72. The number of methoxy groups -OCH3 is 1. The second-order valence-electron chi connectivity index (χ2n) is 6.77. The van der Waals surface area contributed by atoms with Gasteiger partial charge >= 0.3 is 0 Å². The lowest BCUT2D eigenvalue weighted by atomic mass is 10.2. The monoisotopic (exact) mass is 474 g/mol. The molecule has 3 rings (SSSR count). The Bertz CT molecular complexity index is 1190. The van der Waals surface area contributed by atoms with E-state index in [-0.39, 0.29) is 27.0 Å². The van der Waals surface area contributed by atoms with Gasteiger partial charge in [-0.25, -0.2) is 8.42 Å². The molecule has 0 radical (unpaired) electrons. The van der Waals surface area contributed by atoms with Gasteiger partial charge in [0, 0.05) is 5.69 Å². The Labute approximate surface area is 192 Å². The van der Waals surface area contributed by atoms with Gasteiger partial charge in [-0.1, -0.05) is 48.9 Å². The van der Waals surface area contributed by atoms with Crippen molar-refractivity contribution in [2.75, 3.05) is 17.1 Å². The number of ether oxygens (including phenoxy) is 2. The Morgan fingerprint density at radius 2 is 1.72 bits per heavy atom. The molecule has 0 heterocycles. The fourth-order valence-corrected chi connectivity index (χ4v) is 4.43. The van der Waals surface area contributed by atoms with Gasteiger partial charge in [0.15, 0.2) is 6.10 Å². The third-order valence-corrected chi connectivity index (χ3v) is 6.24. The van der Waals surface area contributed by atoms with Crippen LogP contribution >= 0.6 is 11.6 Å². The number of carbonyl (C=O) groups is 1. The molecule has 0 aliphatic carbocycles. The van der Waals surface area contributed by atoms with Crippen molar-refractivity contribution in [2.45, 2.75) is 24.3 Å². The van der Waals surface area contributed by atoms with E-state index >= 15 is 0 Å². The number of halogens is 1. The van der Waals surface area contributed by atoms with Gasteiger partial charge in [-0.2, -0.15) is 0 Å². The molecule has 1 atom stereocenters. The molecule has 9 heteroatoms. The molecule has 0 saturated heterocycles. The third-order valence-electron chi connectivity index (χ3n) is 4.52. The number of carbonyl (C=O) groups excluding carboxylic acids is 1. The van der Waals surface area contributed by atoms with Crippen LogP contribution in [-0.2, 0) is 14.8 Å². The van der Waals surface area contributed by atoms with Crippen molar-refractivity contribution in [1.29, 1.82) is 0 Å². The van der Waals surface area contributed by atoms with E-state index in [1.165, 1.54) is 19.2 Å². The molecule has 3 aromatic carbocycles. The van der Waals surface area contributed by atoms with Gasteiger partial charge in [-0.15, -0.1) is 0 Å². The molecule has 0 aromatic heterocycles. The summed E-state index contributed by atoms with van der Waals surface area (Å²) in [6.45, 7) is 1.82. The number of para-hydroxylation sites is 2. The number of rotatable bonds is 9. The summed E-state index contributed by atoms with van der Waals surface area (Å²) in [5, 5.41) is 2.97. The number of benzene rings is 3. The Balaban J connectivity index is 1.83. The van der Waals surface area contributed by atoms with Crippen LogP contribution in [0.4, 0.5) is 11.4 Å². The van der Waals surface area contributed by atoms with Crippen molar-refractivity contribution in [3.05, 3.63) is 77.8 Å². The fraction of sp³-hybridized carbons (Fsp3) is 0.174. The largest absolute Gasteiger partial charge is 0.495 e. The first kappa shape index (κ1) is 23.4. The second-order valence-corrected chi connectivity index (χ2v) is 8.83. The van der Waals surface area contributed by atoms with Crippen LogP contribution in [-0.4, -0.2) is 27.5 Å². The molecule has 0 saturated carbocycles. The topological polar surface area (TPSA) is 93.7 Å². The van der Waals surface area contributed by atoms with Crippen molar-refractivity contribution in [2.24, 2.45) is 0 Å². The summed E-state index contributed by atoms with van der Waals surface area (Å²) in [6.07, 6.45) is -0.323. The van der Waals surface area contributed by atoms with Crippen LogP contribution in [0, 0.1) is 0 Å². The number of amides is 1. The normalized spacial score (nSPS) is 12.0. The molecule has 0 aliphatic rings. The van der Waals surface area contributed by atoms with E-state index in [1.807, 2.05) is 25.1 Å². The van der Waals surface area contributed by atoms with E-state index in [0.717, 1.165) is 0 Å². The van der Waals surface area contributed by atoms with Gasteiger partial charge in [0.2, 0.25) is 0 Å². The first-order valence-electron chi connectivity index (χ1n) is 9.82. The minimum atomic E-state index is -4.05. The zero-order valence-corrected chi connectivity index (χ0v) is 19.1. The highest BCUT2D eigenvalue weighted by atomic mass is 35.5. The predicted molar refractivity (Wildman–Crippen MR) is 125 cm³/mol. The first-order valence-corrected chi connectivity index (χ1v) is 11.7. The highest BCUT2D eigenvalue weighted by Crippen LogP contribution is 2.31. The number of hydrogen-bond donors (Lipinski definition) is 2. The number of hydrogen-bond acceptors (Lipinski definition) is 5. The van der Waals surface area contributed by atoms with E-state index < -0.39 is 22.0 Å². The minimum absolute atomic E-state index is 0.120. The van der Waals surface area contributed by atoms with E-state index in [9.17, 15) is 13.2 Å². The van der Waals surface area contributed by atoms with E-state index in [2.05, 4.69) is 10.0 Å². The Morgan fingerprint density at radius 3 is 2.38 bits per heavy atom. The van der Waals surface area contributed by atoms with Crippen molar-refractivity contribution in [3.8, 4) is 11.5 Å². The molecular formula is C23H23ClN2O5S. The number of anilines is 2. The van der Waals surface area contributed by atoms with E-state index in [0.29, 0.717) is 12.2 Å². The zero-order chi connectivity index (χ0) is 23.1. The van der Waals surface area contributed by atoms with Crippen molar-refractivity contribution in [1.82, 2.24) is 0 Å². The minimum Gasteiger partial charge on any atom is -0.495 e. The number of sulfonamides is 1. The van der Waals surface area contributed by atoms with Gasteiger partial charge in [0.1, 0.15) is 16.4 Å². The maximum absolute atomic E-state index is 13.0. The van der Waals surface area contributed by atoms with Crippen molar-refractivity contribution in [3.63, 3.8) is 0 Å². The van der Waals surface area contributed by atoms with Crippen molar-refractivity contribution < 1.29 is 22.7 Å². The van der Waals surface area contributed by atoms with Crippen LogP contribution in [0.25, 0.3) is 0 Å². The lowest BCUT2D eigenvalue weighted by Gasteiger charge is -2.18. The molecule has 1 amide bonds. The lowest BCUT2D eigenvalue weighted by Crippen LogP contribution is -2.32. The molecule has 0 spiro atoms. The maximum atomic E-state index is 13.0. The van der Waals surface area contributed by atoms with Crippen LogP contribution in [0.15, 0.2) is 77.7 Å². The highest BCUT2D eigenvalue weighted by Gasteiger charge is 2.23. The van der Waals surface area contributed by atoms with Crippen LogP contribution in [0.3, 0.4) is 0 Å². The SMILES string of the molecule is CCC(Oc1ccccc1)C(=O)Nc1ccc(OC)c(S(=O)(=O)Nc2ccccc2Cl)c1. The summed E-state index contributed by atoms with van der Waals surface area (Å²) in [4.78, 5) is 12.6. The smallest absolute Gasteiger partial charge is 0.265 e. The van der Waals surface area contributed by atoms with Crippen LogP contribution in [0.5, 0.6) is 11.5 Å². The fourth-order valence-electron chi connectivity index (χ4n) is 2.92. The molecule has 2 N–H and O–H groups in total. The van der Waals surface area contributed by atoms with Gasteiger partial charge in [-0.05, 0) is 48.9 Å². The quantitative estimate of drug-likeness (QED) is 0.458. The molecule has 0 fully saturated rings. The van der Waals surface area contributed by atoms with Crippen molar-refractivity contribution >= 4 is 38.9 Å². The Morgan fingerprint density at radius 1 is 1.03 bits per heavy atom. The molecule has 168 valence electrons. The predicted octanol–water partition coefficient (Wildman–Crippen LogP) is 4.95. The number of nitrogens with one attached hydrogen (secondary N) is 2. The molecular weight excluding hydrogens is 452 g/mol.